The summed E-state index contributed by atoms with van der Waals surface area (Å²) in [5.74, 6) is -0.387. The molecule has 1 saturated heterocycles. The summed E-state index contributed by atoms with van der Waals surface area (Å²) in [7, 11) is 0. The van der Waals surface area contributed by atoms with Crippen LogP contribution in [0.4, 0.5) is 0 Å². The molecule has 0 N–H and O–H groups in total. The smallest absolute Gasteiger partial charge is 0.275 e. The Labute approximate surface area is 159 Å². The first-order chi connectivity index (χ1) is 13.2. The zero-order valence-electron chi connectivity index (χ0n) is 15.7. The Balaban J connectivity index is 1.64. The molecule has 0 saturated carbocycles. The quantitative estimate of drug-likeness (QED) is 0.836. The van der Waals surface area contributed by atoms with Gasteiger partial charge in [-0.3, -0.25) is 9.59 Å². The van der Waals surface area contributed by atoms with Gasteiger partial charge < -0.3 is 14.4 Å². The van der Waals surface area contributed by atoms with E-state index in [1.165, 1.54) is 12.4 Å². The lowest BCUT2D eigenvalue weighted by molar-refractivity contribution is 0.0596. The lowest BCUT2D eigenvalue weighted by Crippen LogP contribution is -2.43. The van der Waals surface area contributed by atoms with Gasteiger partial charge in [0.1, 0.15) is 0 Å². The number of piperidine rings is 1. The van der Waals surface area contributed by atoms with Crippen LogP contribution in [-0.4, -0.2) is 55.8 Å². The summed E-state index contributed by atoms with van der Waals surface area (Å²) in [4.78, 5) is 38.5. The summed E-state index contributed by atoms with van der Waals surface area (Å²) in [5.41, 5.74) is 1.48. The van der Waals surface area contributed by atoms with Crippen molar-refractivity contribution in [1.29, 1.82) is 0 Å². The second-order valence-corrected chi connectivity index (χ2v) is 7.16. The maximum Gasteiger partial charge on any atom is 0.275 e. The van der Waals surface area contributed by atoms with Crippen LogP contribution in [0.1, 0.15) is 65.3 Å². The highest BCUT2D eigenvalue weighted by atomic mass is 16.2. The van der Waals surface area contributed by atoms with Gasteiger partial charge in [-0.15, -0.1) is 0 Å². The maximum absolute atomic E-state index is 13.4. The van der Waals surface area contributed by atoms with Crippen LogP contribution in [0.5, 0.6) is 0 Å². The molecule has 2 aliphatic rings. The predicted molar refractivity (Wildman–Crippen MR) is 100 cm³/mol. The number of amides is 2. The summed E-state index contributed by atoms with van der Waals surface area (Å²) in [5, 5.41) is 0. The van der Waals surface area contributed by atoms with Gasteiger partial charge in [0.2, 0.25) is 0 Å². The second-order valence-electron chi connectivity index (χ2n) is 7.16. The molecule has 4 rings (SSSR count). The van der Waals surface area contributed by atoms with Crippen LogP contribution in [0.25, 0.3) is 0 Å². The van der Waals surface area contributed by atoms with E-state index >= 15 is 0 Å². The van der Waals surface area contributed by atoms with E-state index in [1.54, 1.807) is 4.90 Å². The zero-order chi connectivity index (χ0) is 18.8. The van der Waals surface area contributed by atoms with Crippen molar-refractivity contribution in [2.24, 2.45) is 0 Å². The third-order valence-corrected chi connectivity index (χ3v) is 5.56. The summed E-state index contributed by atoms with van der Waals surface area (Å²) < 4.78 is 2.19. The molecule has 0 bridgehead atoms. The maximum atomic E-state index is 13.4. The standard InChI is InChI=1S/C20H25N5O2/c1-2-15-16-7-6-12-23(16)13-14-25(15)20(27)18-17(21-8-9-22-18)19(26)24-10-4-3-5-11-24/h6-9,12,15H,2-5,10-11,13-14H2,1H3/t15-/m1/s1. The van der Waals surface area contributed by atoms with Gasteiger partial charge in [0.15, 0.2) is 11.4 Å². The average Bonchev–Trinajstić information content (AvgIpc) is 3.21. The molecule has 0 aliphatic carbocycles. The molecule has 1 atom stereocenters. The molecule has 2 aromatic rings. The van der Waals surface area contributed by atoms with E-state index in [0.717, 1.165) is 51.0 Å². The van der Waals surface area contributed by atoms with E-state index in [0.29, 0.717) is 6.54 Å². The lowest BCUT2D eigenvalue weighted by atomic mass is 10.1. The largest absolute Gasteiger partial charge is 0.348 e. The molecule has 0 unspecified atom stereocenters. The van der Waals surface area contributed by atoms with Crippen molar-refractivity contribution in [2.45, 2.75) is 45.2 Å². The molecule has 0 spiro atoms. The number of likely N-dealkylation sites (tertiary alicyclic amines) is 1. The van der Waals surface area contributed by atoms with Crippen molar-refractivity contribution in [3.8, 4) is 0 Å². The minimum atomic E-state index is -0.206. The van der Waals surface area contributed by atoms with Gasteiger partial charge in [0.25, 0.3) is 11.8 Å². The molecule has 7 heteroatoms. The Morgan fingerprint density at radius 1 is 1.00 bits per heavy atom. The summed E-state index contributed by atoms with van der Waals surface area (Å²) >= 11 is 0. The molecular formula is C20H25N5O2. The Morgan fingerprint density at radius 2 is 1.70 bits per heavy atom. The van der Waals surface area contributed by atoms with E-state index < -0.39 is 0 Å². The first kappa shape index (κ1) is 17.7. The molecule has 0 radical (unpaired) electrons. The molecule has 4 heterocycles. The Kier molecular flexibility index (Phi) is 4.92. The van der Waals surface area contributed by atoms with Gasteiger partial charge in [0.05, 0.1) is 6.04 Å². The van der Waals surface area contributed by atoms with Gasteiger partial charge in [-0.25, -0.2) is 9.97 Å². The second kappa shape index (κ2) is 7.50. The van der Waals surface area contributed by atoms with E-state index in [-0.39, 0.29) is 29.2 Å². The molecule has 27 heavy (non-hydrogen) atoms. The van der Waals surface area contributed by atoms with E-state index in [4.69, 9.17) is 0 Å². The number of rotatable bonds is 3. The molecule has 2 aliphatic heterocycles. The fraction of sp³-hybridized carbons (Fsp3) is 0.500. The molecular weight excluding hydrogens is 342 g/mol. The summed E-state index contributed by atoms with van der Waals surface area (Å²) in [6.45, 7) is 4.87. The first-order valence-electron chi connectivity index (χ1n) is 9.77. The molecule has 2 amide bonds. The minimum Gasteiger partial charge on any atom is -0.348 e. The molecule has 2 aromatic heterocycles. The number of hydrogen-bond acceptors (Lipinski definition) is 4. The highest BCUT2D eigenvalue weighted by molar-refractivity contribution is 6.04. The van der Waals surface area contributed by atoms with Gasteiger partial charge in [-0.1, -0.05) is 6.92 Å². The summed E-state index contributed by atoms with van der Waals surface area (Å²) in [6.07, 6.45) is 8.98. The van der Waals surface area contributed by atoms with Crippen molar-refractivity contribution in [3.05, 3.63) is 47.8 Å². The minimum absolute atomic E-state index is 0.0128. The van der Waals surface area contributed by atoms with Gasteiger partial charge in [-0.05, 0) is 37.8 Å². The van der Waals surface area contributed by atoms with E-state index in [9.17, 15) is 9.59 Å². The van der Waals surface area contributed by atoms with Gasteiger partial charge >= 0.3 is 0 Å². The zero-order valence-corrected chi connectivity index (χ0v) is 15.7. The normalized spacial score (nSPS) is 19.7. The third-order valence-electron chi connectivity index (χ3n) is 5.56. The van der Waals surface area contributed by atoms with Crippen molar-refractivity contribution >= 4 is 11.8 Å². The fourth-order valence-corrected chi connectivity index (χ4v) is 4.17. The third kappa shape index (κ3) is 3.22. The van der Waals surface area contributed by atoms with Crippen molar-refractivity contribution in [1.82, 2.24) is 24.3 Å². The molecule has 1 fully saturated rings. The van der Waals surface area contributed by atoms with Crippen LogP contribution < -0.4 is 0 Å². The number of hydrogen-bond donors (Lipinski definition) is 0. The number of fused-ring (bicyclic) bond motifs is 1. The average molecular weight is 367 g/mol. The molecule has 7 nitrogen and oxygen atoms in total. The Morgan fingerprint density at radius 3 is 2.41 bits per heavy atom. The Hall–Kier alpha value is -2.70. The predicted octanol–water partition coefficient (Wildman–Crippen LogP) is 2.51. The van der Waals surface area contributed by atoms with E-state index in [1.807, 2.05) is 17.2 Å². The monoisotopic (exact) mass is 367 g/mol. The van der Waals surface area contributed by atoms with Gasteiger partial charge in [0, 0.05) is 50.5 Å². The Bertz CT molecular complexity index is 840. The lowest BCUT2D eigenvalue weighted by Gasteiger charge is -2.36. The van der Waals surface area contributed by atoms with Crippen LogP contribution in [0.15, 0.2) is 30.7 Å². The van der Waals surface area contributed by atoms with Crippen LogP contribution in [0.3, 0.4) is 0 Å². The van der Waals surface area contributed by atoms with Crippen LogP contribution in [0.2, 0.25) is 0 Å². The van der Waals surface area contributed by atoms with Crippen molar-refractivity contribution in [2.75, 3.05) is 19.6 Å². The fourth-order valence-electron chi connectivity index (χ4n) is 4.17. The number of carbonyl (C=O) groups excluding carboxylic acids is 2. The van der Waals surface area contributed by atoms with Crippen molar-refractivity contribution in [3.63, 3.8) is 0 Å². The summed E-state index contributed by atoms with van der Waals surface area (Å²) in [6, 6.07) is 4.06. The van der Waals surface area contributed by atoms with Crippen LogP contribution in [-0.2, 0) is 6.54 Å². The number of carbonyl (C=O) groups is 2. The SMILES string of the molecule is CC[C@@H]1c2cccn2CCN1C(=O)c1nccnc1C(=O)N1CCCCC1. The van der Waals surface area contributed by atoms with Crippen LogP contribution in [0, 0.1) is 0 Å². The highest BCUT2D eigenvalue weighted by Gasteiger charge is 2.34. The number of aromatic nitrogens is 3. The molecule has 0 aromatic carbocycles. The number of nitrogens with zero attached hydrogens (tertiary/aromatic N) is 5. The van der Waals surface area contributed by atoms with Crippen molar-refractivity contribution < 1.29 is 9.59 Å². The van der Waals surface area contributed by atoms with Gasteiger partial charge in [-0.2, -0.15) is 0 Å². The topological polar surface area (TPSA) is 71.3 Å². The van der Waals surface area contributed by atoms with Crippen LogP contribution >= 0.6 is 0 Å². The molecule has 142 valence electrons. The first-order valence-corrected chi connectivity index (χ1v) is 9.77. The highest BCUT2D eigenvalue weighted by Crippen LogP contribution is 2.30. The van der Waals surface area contributed by atoms with E-state index in [2.05, 4.69) is 27.5 Å².